The van der Waals surface area contributed by atoms with Gasteiger partial charge in [0.25, 0.3) is 0 Å². The summed E-state index contributed by atoms with van der Waals surface area (Å²) in [4.78, 5) is 10.5. The number of unbranched alkanes of at least 4 members (excludes halogenated alkanes) is 4. The number of carbonyl (C=O) groups is 1. The van der Waals surface area contributed by atoms with Gasteiger partial charge in [0.2, 0.25) is 10.0 Å². The summed E-state index contributed by atoms with van der Waals surface area (Å²) >= 11 is 3.34. The Balaban J connectivity index is 2.50. The van der Waals surface area contributed by atoms with Crippen molar-refractivity contribution in [2.75, 3.05) is 11.3 Å². The van der Waals surface area contributed by atoms with Crippen molar-refractivity contribution in [1.29, 1.82) is 0 Å². The Bertz CT molecular complexity index is 635. The summed E-state index contributed by atoms with van der Waals surface area (Å²) in [7, 11) is -3.42. The van der Waals surface area contributed by atoms with Crippen molar-refractivity contribution < 1.29 is 17.9 Å². The van der Waals surface area contributed by atoms with E-state index in [0.717, 1.165) is 43.0 Å². The first kappa shape index (κ1) is 22.8. The summed E-state index contributed by atoms with van der Waals surface area (Å²) in [5.74, 6) is 0. The molecule has 1 amide bonds. The van der Waals surface area contributed by atoms with Gasteiger partial charge in [-0.3, -0.25) is 4.72 Å². The molecule has 0 saturated carbocycles. The third kappa shape index (κ3) is 9.43. The maximum Gasteiger partial charge on any atom is 0.404 e. The Morgan fingerprint density at radius 1 is 1.12 bits per heavy atom. The maximum atomic E-state index is 12.7. The monoisotopic (exact) mass is 448 g/mol. The third-order valence-electron chi connectivity index (χ3n) is 4.09. The van der Waals surface area contributed by atoms with E-state index in [9.17, 15) is 13.2 Å². The van der Waals surface area contributed by atoms with Crippen molar-refractivity contribution in [3.8, 4) is 0 Å². The van der Waals surface area contributed by atoms with E-state index in [2.05, 4.69) is 32.3 Å². The maximum absolute atomic E-state index is 12.7. The van der Waals surface area contributed by atoms with Gasteiger partial charge in [0.1, 0.15) is 0 Å². The quantitative estimate of drug-likeness (QED) is 0.423. The fourth-order valence-electron chi connectivity index (χ4n) is 2.65. The molecule has 0 heterocycles. The molecule has 1 aromatic carbocycles. The highest BCUT2D eigenvalue weighted by Gasteiger charge is 2.24. The van der Waals surface area contributed by atoms with Crippen molar-refractivity contribution in [3.63, 3.8) is 0 Å². The lowest BCUT2D eigenvalue weighted by Gasteiger charge is -2.19. The molecular formula is C18H29BrN2O4S. The fourth-order valence-corrected chi connectivity index (χ4v) is 4.50. The summed E-state index contributed by atoms with van der Waals surface area (Å²) in [6, 6.07) is 7.12. The molecule has 0 aliphatic heterocycles. The summed E-state index contributed by atoms with van der Waals surface area (Å²) in [5.41, 5.74) is 5.48. The first-order chi connectivity index (χ1) is 12.3. The van der Waals surface area contributed by atoms with Crippen molar-refractivity contribution in [1.82, 2.24) is 0 Å². The Labute approximate surface area is 165 Å². The zero-order chi connectivity index (χ0) is 19.4. The lowest BCUT2D eigenvalue weighted by molar-refractivity contribution is 0.154. The van der Waals surface area contributed by atoms with Crippen molar-refractivity contribution in [2.24, 2.45) is 5.73 Å². The molecular weight excluding hydrogens is 420 g/mol. The van der Waals surface area contributed by atoms with Crippen LogP contribution in [0, 0.1) is 0 Å². The van der Waals surface area contributed by atoms with Gasteiger partial charge >= 0.3 is 6.09 Å². The number of nitrogens with one attached hydrogen (secondary N) is 1. The van der Waals surface area contributed by atoms with E-state index in [-0.39, 0.29) is 0 Å². The molecule has 0 saturated heterocycles. The minimum absolute atomic E-state index is 0.317. The van der Waals surface area contributed by atoms with Gasteiger partial charge in [0, 0.05) is 10.2 Å². The number of carbonyl (C=O) groups excluding carboxylic acids is 1. The summed E-state index contributed by atoms with van der Waals surface area (Å²) in [6.45, 7) is 2.38. The van der Waals surface area contributed by atoms with Gasteiger partial charge in [-0.2, -0.15) is 0 Å². The number of nitrogens with two attached hydrogens (primary N) is 1. The second-order valence-electron chi connectivity index (χ2n) is 6.29. The molecule has 148 valence electrons. The van der Waals surface area contributed by atoms with E-state index in [1.165, 1.54) is 0 Å². The van der Waals surface area contributed by atoms with E-state index in [0.29, 0.717) is 25.1 Å². The molecule has 0 spiro atoms. The van der Waals surface area contributed by atoms with Crippen LogP contribution in [0.15, 0.2) is 28.7 Å². The van der Waals surface area contributed by atoms with Crippen LogP contribution in [0.5, 0.6) is 0 Å². The van der Waals surface area contributed by atoms with Gasteiger partial charge in [0.05, 0.1) is 11.9 Å². The highest BCUT2D eigenvalue weighted by Crippen LogP contribution is 2.22. The number of primary amides is 1. The molecule has 0 aliphatic carbocycles. The van der Waals surface area contributed by atoms with E-state index in [1.807, 2.05) is 12.1 Å². The van der Waals surface area contributed by atoms with Crippen LogP contribution in [-0.2, 0) is 14.8 Å². The van der Waals surface area contributed by atoms with Crippen LogP contribution >= 0.6 is 15.9 Å². The number of rotatable bonds is 13. The highest BCUT2D eigenvalue weighted by atomic mass is 79.9. The number of benzene rings is 1. The standard InChI is InChI=1S/C18H29BrN2O4S/c1-2-3-8-17(9-6-4-5-7-14-25-18(20)22)26(23,24)21-16-12-10-15(19)11-13-16/h10-13,17,21H,2-9,14H2,1H3,(H2,20,22). The van der Waals surface area contributed by atoms with Gasteiger partial charge < -0.3 is 10.5 Å². The first-order valence-electron chi connectivity index (χ1n) is 9.04. The molecule has 3 N–H and O–H groups in total. The highest BCUT2D eigenvalue weighted by molar-refractivity contribution is 9.10. The molecule has 1 aromatic rings. The van der Waals surface area contributed by atoms with E-state index >= 15 is 0 Å². The molecule has 0 aliphatic rings. The van der Waals surface area contributed by atoms with Crippen LogP contribution in [0.1, 0.15) is 58.3 Å². The lowest BCUT2D eigenvalue weighted by atomic mass is 10.1. The topological polar surface area (TPSA) is 98.5 Å². The SMILES string of the molecule is CCCCC(CCCCCCOC(N)=O)S(=O)(=O)Nc1ccc(Br)cc1. The third-order valence-corrected chi connectivity index (χ3v) is 6.49. The Kier molecular flexibility index (Phi) is 10.7. The molecule has 0 radical (unpaired) electrons. The van der Waals surface area contributed by atoms with Crippen LogP contribution in [0.25, 0.3) is 0 Å². The predicted molar refractivity (Wildman–Crippen MR) is 109 cm³/mol. The zero-order valence-corrected chi connectivity index (χ0v) is 17.6. The van der Waals surface area contributed by atoms with Crippen LogP contribution < -0.4 is 10.5 Å². The number of hydrogen-bond acceptors (Lipinski definition) is 4. The molecule has 1 rings (SSSR count). The fraction of sp³-hybridized carbons (Fsp3) is 0.611. The van der Waals surface area contributed by atoms with Gasteiger partial charge in [-0.15, -0.1) is 0 Å². The van der Waals surface area contributed by atoms with Gasteiger partial charge in [-0.05, 0) is 43.5 Å². The van der Waals surface area contributed by atoms with Crippen LogP contribution in [-0.4, -0.2) is 26.4 Å². The number of hydrogen-bond donors (Lipinski definition) is 2. The zero-order valence-electron chi connectivity index (χ0n) is 15.2. The largest absolute Gasteiger partial charge is 0.450 e. The van der Waals surface area contributed by atoms with Gasteiger partial charge in [-0.1, -0.05) is 55.0 Å². The molecule has 6 nitrogen and oxygen atoms in total. The molecule has 8 heteroatoms. The predicted octanol–water partition coefficient (Wildman–Crippen LogP) is 4.80. The molecule has 0 bridgehead atoms. The Morgan fingerprint density at radius 3 is 2.35 bits per heavy atom. The van der Waals surface area contributed by atoms with E-state index in [4.69, 9.17) is 5.73 Å². The van der Waals surface area contributed by atoms with Crippen molar-refractivity contribution >= 4 is 37.7 Å². The van der Waals surface area contributed by atoms with Gasteiger partial charge in [-0.25, -0.2) is 13.2 Å². The molecule has 0 aromatic heterocycles. The second kappa shape index (κ2) is 12.2. The normalized spacial score (nSPS) is 12.5. The van der Waals surface area contributed by atoms with Crippen LogP contribution in [0.2, 0.25) is 0 Å². The molecule has 1 atom stereocenters. The Morgan fingerprint density at radius 2 is 1.73 bits per heavy atom. The average molecular weight is 449 g/mol. The number of halogens is 1. The number of anilines is 1. The van der Waals surface area contributed by atoms with Crippen molar-refractivity contribution in [3.05, 3.63) is 28.7 Å². The summed E-state index contributed by atoms with van der Waals surface area (Å²) in [5, 5.41) is -0.395. The summed E-state index contributed by atoms with van der Waals surface area (Å²) in [6.07, 6.45) is 5.74. The first-order valence-corrected chi connectivity index (χ1v) is 11.4. The van der Waals surface area contributed by atoms with Crippen LogP contribution in [0.3, 0.4) is 0 Å². The van der Waals surface area contributed by atoms with E-state index in [1.54, 1.807) is 12.1 Å². The number of amides is 1. The second-order valence-corrected chi connectivity index (χ2v) is 9.17. The lowest BCUT2D eigenvalue weighted by Crippen LogP contribution is -2.28. The number of sulfonamides is 1. The van der Waals surface area contributed by atoms with Crippen molar-refractivity contribution in [2.45, 2.75) is 63.5 Å². The minimum atomic E-state index is -3.42. The average Bonchev–Trinajstić information content (AvgIpc) is 2.58. The van der Waals surface area contributed by atoms with Crippen LogP contribution in [0.4, 0.5) is 10.5 Å². The minimum Gasteiger partial charge on any atom is -0.450 e. The van der Waals surface area contributed by atoms with E-state index < -0.39 is 21.4 Å². The number of ether oxygens (including phenoxy) is 1. The Hall–Kier alpha value is -1.28. The molecule has 1 unspecified atom stereocenters. The van der Waals surface area contributed by atoms with Gasteiger partial charge in [0.15, 0.2) is 0 Å². The smallest absolute Gasteiger partial charge is 0.404 e. The summed E-state index contributed by atoms with van der Waals surface area (Å²) < 4.78 is 33.8. The molecule has 26 heavy (non-hydrogen) atoms. The molecule has 0 fully saturated rings.